The minimum atomic E-state index is 1.09. The van der Waals surface area contributed by atoms with Gasteiger partial charge < -0.3 is 0 Å². The second-order valence-electron chi connectivity index (χ2n) is 4.85. The van der Waals surface area contributed by atoms with E-state index >= 15 is 0 Å². The Morgan fingerprint density at radius 1 is 0.789 bits per heavy atom. The Labute approximate surface area is 113 Å². The van der Waals surface area contributed by atoms with Crippen LogP contribution in [0.25, 0.3) is 10.8 Å². The predicted molar refractivity (Wildman–Crippen MR) is 80.2 cm³/mol. The number of aromatic nitrogens is 1. The molecule has 0 radical (unpaired) electrons. The van der Waals surface area contributed by atoms with Crippen molar-refractivity contribution in [2.45, 2.75) is 19.3 Å². The van der Waals surface area contributed by atoms with Gasteiger partial charge in [0.15, 0.2) is 0 Å². The van der Waals surface area contributed by atoms with E-state index in [1.165, 1.54) is 28.3 Å². The average molecular weight is 247 g/mol. The van der Waals surface area contributed by atoms with Gasteiger partial charge >= 0.3 is 0 Å². The Bertz CT molecular complexity index is 653. The highest BCUT2D eigenvalue weighted by Gasteiger charge is 2.00. The highest BCUT2D eigenvalue weighted by Crippen LogP contribution is 2.20. The van der Waals surface area contributed by atoms with Gasteiger partial charge in [-0.25, -0.2) is 0 Å². The fourth-order valence-electron chi connectivity index (χ4n) is 2.54. The summed E-state index contributed by atoms with van der Waals surface area (Å²) < 4.78 is 0. The van der Waals surface area contributed by atoms with Crippen LogP contribution in [0.5, 0.6) is 0 Å². The second kappa shape index (κ2) is 5.66. The van der Waals surface area contributed by atoms with Crippen LogP contribution in [-0.2, 0) is 12.8 Å². The molecule has 0 unspecified atom stereocenters. The first-order chi connectivity index (χ1) is 9.43. The van der Waals surface area contributed by atoms with E-state index in [4.69, 9.17) is 0 Å². The number of fused-ring (bicyclic) bond motifs is 1. The smallest absolute Gasteiger partial charge is 0.0299 e. The molecule has 0 saturated carbocycles. The third-order valence-electron chi connectivity index (χ3n) is 3.51. The van der Waals surface area contributed by atoms with Crippen molar-refractivity contribution < 1.29 is 0 Å². The lowest BCUT2D eigenvalue weighted by atomic mass is 9.99. The van der Waals surface area contributed by atoms with Gasteiger partial charge in [0.05, 0.1) is 0 Å². The van der Waals surface area contributed by atoms with Crippen LogP contribution < -0.4 is 0 Å². The minimum Gasteiger partial charge on any atom is -0.264 e. The summed E-state index contributed by atoms with van der Waals surface area (Å²) >= 11 is 0. The fourth-order valence-corrected chi connectivity index (χ4v) is 2.54. The Morgan fingerprint density at radius 3 is 2.58 bits per heavy atom. The molecule has 0 N–H and O–H groups in total. The van der Waals surface area contributed by atoms with Gasteiger partial charge in [-0.2, -0.15) is 0 Å². The number of benzene rings is 2. The summed E-state index contributed by atoms with van der Waals surface area (Å²) in [6, 6.07) is 19.3. The molecular weight excluding hydrogens is 230 g/mol. The molecule has 1 heterocycles. The van der Waals surface area contributed by atoms with Crippen LogP contribution >= 0.6 is 0 Å². The van der Waals surface area contributed by atoms with Crippen LogP contribution in [0.4, 0.5) is 0 Å². The number of hydrogen-bond acceptors (Lipinski definition) is 1. The molecule has 0 amide bonds. The zero-order valence-corrected chi connectivity index (χ0v) is 10.9. The Hall–Kier alpha value is -2.15. The molecule has 0 saturated heterocycles. The van der Waals surface area contributed by atoms with Crippen LogP contribution in [-0.4, -0.2) is 4.98 Å². The zero-order chi connectivity index (χ0) is 12.9. The molecule has 0 aliphatic rings. The highest BCUT2D eigenvalue weighted by molar-refractivity contribution is 5.85. The topological polar surface area (TPSA) is 12.9 Å². The molecule has 0 bridgehead atoms. The van der Waals surface area contributed by atoms with E-state index in [1.54, 1.807) is 0 Å². The van der Waals surface area contributed by atoms with E-state index in [0.29, 0.717) is 0 Å². The largest absolute Gasteiger partial charge is 0.264 e. The van der Waals surface area contributed by atoms with Crippen LogP contribution in [0.3, 0.4) is 0 Å². The van der Waals surface area contributed by atoms with E-state index in [2.05, 4.69) is 53.5 Å². The first-order valence-corrected chi connectivity index (χ1v) is 6.79. The van der Waals surface area contributed by atoms with Crippen molar-refractivity contribution in [2.24, 2.45) is 0 Å². The Morgan fingerprint density at radius 2 is 1.68 bits per heavy atom. The molecular formula is C18H17N. The van der Waals surface area contributed by atoms with Gasteiger partial charge in [-0.15, -0.1) is 0 Å². The van der Waals surface area contributed by atoms with Crippen molar-refractivity contribution in [1.29, 1.82) is 0 Å². The lowest BCUT2D eigenvalue weighted by Crippen LogP contribution is -1.91. The van der Waals surface area contributed by atoms with Crippen molar-refractivity contribution in [1.82, 2.24) is 4.98 Å². The maximum Gasteiger partial charge on any atom is 0.0299 e. The molecule has 0 aliphatic heterocycles. The van der Waals surface area contributed by atoms with Gasteiger partial charge in [0.2, 0.25) is 0 Å². The number of pyridine rings is 1. The number of aryl methyl sites for hydroxylation is 2. The summed E-state index contributed by atoms with van der Waals surface area (Å²) in [5.74, 6) is 0. The van der Waals surface area contributed by atoms with Gasteiger partial charge in [-0.05, 0) is 47.2 Å². The van der Waals surface area contributed by atoms with Gasteiger partial charge in [0, 0.05) is 12.4 Å². The Balaban J connectivity index is 1.72. The fraction of sp³-hybridized carbons (Fsp3) is 0.167. The second-order valence-corrected chi connectivity index (χ2v) is 4.85. The van der Waals surface area contributed by atoms with E-state index in [1.807, 2.05) is 18.5 Å². The van der Waals surface area contributed by atoms with Crippen molar-refractivity contribution in [3.63, 3.8) is 0 Å². The molecule has 1 aromatic heterocycles. The normalized spacial score (nSPS) is 10.7. The van der Waals surface area contributed by atoms with Crippen LogP contribution in [0.2, 0.25) is 0 Å². The molecule has 2 aromatic carbocycles. The number of rotatable bonds is 4. The monoisotopic (exact) mass is 247 g/mol. The van der Waals surface area contributed by atoms with E-state index in [0.717, 1.165) is 12.8 Å². The summed E-state index contributed by atoms with van der Waals surface area (Å²) in [5.41, 5.74) is 2.77. The molecule has 1 heteroatoms. The van der Waals surface area contributed by atoms with Crippen LogP contribution in [0.1, 0.15) is 17.5 Å². The maximum atomic E-state index is 4.16. The SMILES string of the molecule is c1cncc(CCCc2cccc3ccccc23)c1. The molecule has 0 fully saturated rings. The standard InChI is InChI=1S/C18H17N/c1-2-12-18-16(8-1)10-4-11-17(18)9-3-6-15-7-5-13-19-14-15/h1-2,4-5,7-8,10-14H,3,6,9H2. The van der Waals surface area contributed by atoms with Gasteiger partial charge in [-0.1, -0.05) is 48.5 Å². The predicted octanol–water partition coefficient (Wildman–Crippen LogP) is 4.41. The number of hydrogen-bond donors (Lipinski definition) is 0. The van der Waals surface area contributed by atoms with Crippen LogP contribution in [0, 0.1) is 0 Å². The van der Waals surface area contributed by atoms with Gasteiger partial charge in [0.1, 0.15) is 0 Å². The number of nitrogens with zero attached hydrogens (tertiary/aromatic N) is 1. The molecule has 94 valence electrons. The minimum absolute atomic E-state index is 1.09. The first-order valence-electron chi connectivity index (χ1n) is 6.79. The van der Waals surface area contributed by atoms with Crippen molar-refractivity contribution >= 4 is 10.8 Å². The molecule has 0 spiro atoms. The molecule has 19 heavy (non-hydrogen) atoms. The lowest BCUT2D eigenvalue weighted by molar-refractivity contribution is 0.821. The third-order valence-corrected chi connectivity index (χ3v) is 3.51. The summed E-state index contributed by atoms with van der Waals surface area (Å²) in [4.78, 5) is 4.16. The molecule has 3 aromatic rings. The van der Waals surface area contributed by atoms with E-state index < -0.39 is 0 Å². The molecule has 1 nitrogen and oxygen atoms in total. The van der Waals surface area contributed by atoms with Crippen molar-refractivity contribution in [2.75, 3.05) is 0 Å². The van der Waals surface area contributed by atoms with Gasteiger partial charge in [0.25, 0.3) is 0 Å². The molecule has 0 aliphatic carbocycles. The highest BCUT2D eigenvalue weighted by atomic mass is 14.6. The quantitative estimate of drug-likeness (QED) is 0.665. The zero-order valence-electron chi connectivity index (χ0n) is 10.9. The average Bonchev–Trinajstić information content (AvgIpc) is 2.49. The Kier molecular flexibility index (Phi) is 3.55. The van der Waals surface area contributed by atoms with Crippen molar-refractivity contribution in [3.8, 4) is 0 Å². The third kappa shape index (κ3) is 2.82. The maximum absolute atomic E-state index is 4.16. The van der Waals surface area contributed by atoms with E-state index in [-0.39, 0.29) is 0 Å². The van der Waals surface area contributed by atoms with Crippen molar-refractivity contribution in [3.05, 3.63) is 78.1 Å². The summed E-state index contributed by atoms with van der Waals surface area (Å²) in [7, 11) is 0. The molecule has 3 rings (SSSR count). The summed E-state index contributed by atoms with van der Waals surface area (Å²) in [6.07, 6.45) is 7.17. The van der Waals surface area contributed by atoms with Gasteiger partial charge in [-0.3, -0.25) is 4.98 Å². The van der Waals surface area contributed by atoms with Crippen LogP contribution in [0.15, 0.2) is 67.0 Å². The lowest BCUT2D eigenvalue weighted by Gasteiger charge is -2.06. The van der Waals surface area contributed by atoms with E-state index in [9.17, 15) is 0 Å². The first kappa shape index (κ1) is 11.9. The molecule has 0 atom stereocenters. The summed E-state index contributed by atoms with van der Waals surface area (Å²) in [6.45, 7) is 0. The summed E-state index contributed by atoms with van der Waals surface area (Å²) in [5, 5.41) is 2.72.